The van der Waals surface area contributed by atoms with Gasteiger partial charge in [-0.25, -0.2) is 19.3 Å². The fourth-order valence-corrected chi connectivity index (χ4v) is 3.81. The molecule has 1 aliphatic rings. The maximum absolute atomic E-state index is 13.1. The zero-order valence-corrected chi connectivity index (χ0v) is 17.7. The molecule has 1 aliphatic heterocycles. The van der Waals surface area contributed by atoms with E-state index in [2.05, 4.69) is 25.3 Å². The van der Waals surface area contributed by atoms with Crippen molar-refractivity contribution in [3.05, 3.63) is 83.2 Å². The van der Waals surface area contributed by atoms with E-state index in [-0.39, 0.29) is 35.9 Å². The minimum absolute atomic E-state index is 0.235. The summed E-state index contributed by atoms with van der Waals surface area (Å²) < 4.78 is 13.1. The Hall–Kier alpha value is -3.75. The third-order valence-corrected chi connectivity index (χ3v) is 5.41. The third kappa shape index (κ3) is 4.77. The van der Waals surface area contributed by atoms with Crippen LogP contribution in [-0.2, 0) is 6.54 Å². The fraction of sp³-hybridized carbons (Fsp3) is 0.304. The standard InChI is InChI=1S/C23H23FN6O2/c1-15-27-13-18(22(31)28-12-16-5-7-17(24)8-6-16)21(29-15)20-4-2-3-11-30(20)23(32)19-14-25-9-10-26-19/h5-10,13-14,20H,2-4,11-12H2,1H3,(H,28,31). The molecule has 1 saturated heterocycles. The Morgan fingerprint density at radius 1 is 1.12 bits per heavy atom. The maximum Gasteiger partial charge on any atom is 0.274 e. The van der Waals surface area contributed by atoms with E-state index < -0.39 is 0 Å². The van der Waals surface area contributed by atoms with Crippen LogP contribution >= 0.6 is 0 Å². The fourth-order valence-electron chi connectivity index (χ4n) is 3.81. The van der Waals surface area contributed by atoms with Crippen LogP contribution < -0.4 is 5.32 Å². The molecule has 0 radical (unpaired) electrons. The number of nitrogens with one attached hydrogen (secondary N) is 1. The Balaban J connectivity index is 1.60. The molecule has 32 heavy (non-hydrogen) atoms. The minimum Gasteiger partial charge on any atom is -0.348 e. The zero-order valence-electron chi connectivity index (χ0n) is 17.7. The lowest BCUT2D eigenvalue weighted by Crippen LogP contribution is -2.40. The highest BCUT2D eigenvalue weighted by atomic mass is 19.1. The van der Waals surface area contributed by atoms with Gasteiger partial charge in [-0.3, -0.25) is 14.6 Å². The number of likely N-dealkylation sites (tertiary alicyclic amines) is 1. The van der Waals surface area contributed by atoms with E-state index in [1.165, 1.54) is 36.9 Å². The predicted molar refractivity (Wildman–Crippen MR) is 114 cm³/mol. The second kappa shape index (κ2) is 9.59. The number of amides is 2. The lowest BCUT2D eigenvalue weighted by atomic mass is 9.95. The van der Waals surface area contributed by atoms with Crippen molar-refractivity contribution in [3.63, 3.8) is 0 Å². The smallest absolute Gasteiger partial charge is 0.274 e. The summed E-state index contributed by atoms with van der Waals surface area (Å²) in [5.41, 5.74) is 1.87. The predicted octanol–water partition coefficient (Wildman–Crippen LogP) is 3.01. The van der Waals surface area contributed by atoms with E-state index >= 15 is 0 Å². The van der Waals surface area contributed by atoms with Gasteiger partial charge < -0.3 is 10.2 Å². The number of rotatable bonds is 5. The summed E-state index contributed by atoms with van der Waals surface area (Å²) >= 11 is 0. The van der Waals surface area contributed by atoms with Gasteiger partial charge in [-0.2, -0.15) is 0 Å². The highest BCUT2D eigenvalue weighted by molar-refractivity contribution is 5.96. The molecule has 1 unspecified atom stereocenters. The van der Waals surface area contributed by atoms with Gasteiger partial charge in [-0.15, -0.1) is 0 Å². The number of benzene rings is 1. The number of piperidine rings is 1. The molecule has 164 valence electrons. The van der Waals surface area contributed by atoms with E-state index in [0.29, 0.717) is 30.0 Å². The van der Waals surface area contributed by atoms with Gasteiger partial charge in [-0.05, 0) is 43.9 Å². The van der Waals surface area contributed by atoms with Crippen molar-refractivity contribution in [2.75, 3.05) is 6.54 Å². The highest BCUT2D eigenvalue weighted by Crippen LogP contribution is 2.32. The minimum atomic E-state index is -0.369. The summed E-state index contributed by atoms with van der Waals surface area (Å²) in [6.45, 7) is 2.53. The van der Waals surface area contributed by atoms with E-state index in [4.69, 9.17) is 0 Å². The monoisotopic (exact) mass is 434 g/mol. The Morgan fingerprint density at radius 3 is 2.69 bits per heavy atom. The second-order valence-electron chi connectivity index (χ2n) is 7.63. The van der Waals surface area contributed by atoms with Crippen LogP contribution in [0.15, 0.2) is 49.1 Å². The number of nitrogens with zero attached hydrogens (tertiary/aromatic N) is 5. The van der Waals surface area contributed by atoms with Gasteiger partial charge >= 0.3 is 0 Å². The van der Waals surface area contributed by atoms with E-state index in [9.17, 15) is 14.0 Å². The first-order chi connectivity index (χ1) is 15.5. The number of halogens is 1. The summed E-state index contributed by atoms with van der Waals surface area (Å²) in [5.74, 6) is -0.398. The molecule has 2 amide bonds. The molecule has 2 aromatic heterocycles. The van der Waals surface area contributed by atoms with E-state index in [0.717, 1.165) is 18.4 Å². The van der Waals surface area contributed by atoms with Gasteiger partial charge in [-0.1, -0.05) is 12.1 Å². The van der Waals surface area contributed by atoms with Crippen LogP contribution in [-0.4, -0.2) is 43.2 Å². The molecule has 4 rings (SSSR count). The molecule has 9 heteroatoms. The molecule has 8 nitrogen and oxygen atoms in total. The lowest BCUT2D eigenvalue weighted by Gasteiger charge is -2.35. The first-order valence-electron chi connectivity index (χ1n) is 10.5. The second-order valence-corrected chi connectivity index (χ2v) is 7.63. The number of carbonyl (C=O) groups excluding carboxylic acids is 2. The normalized spacial score (nSPS) is 15.9. The van der Waals surface area contributed by atoms with E-state index in [1.807, 2.05) is 0 Å². The van der Waals surface area contributed by atoms with Crippen LogP contribution in [0.25, 0.3) is 0 Å². The van der Waals surface area contributed by atoms with Crippen LogP contribution in [0.2, 0.25) is 0 Å². The summed E-state index contributed by atoms with van der Waals surface area (Å²) in [5, 5.41) is 2.84. The Bertz CT molecular complexity index is 1110. The Morgan fingerprint density at radius 2 is 1.94 bits per heavy atom. The van der Waals surface area contributed by atoms with Crippen molar-refractivity contribution in [2.45, 2.75) is 38.8 Å². The average Bonchev–Trinajstić information content (AvgIpc) is 2.83. The van der Waals surface area contributed by atoms with Gasteiger partial charge in [0.1, 0.15) is 17.3 Å². The molecule has 3 aromatic rings. The van der Waals surface area contributed by atoms with Crippen LogP contribution in [0.4, 0.5) is 4.39 Å². The number of hydrogen-bond acceptors (Lipinski definition) is 6. The van der Waals surface area contributed by atoms with Crippen molar-refractivity contribution in [3.8, 4) is 0 Å². The molecule has 3 heterocycles. The van der Waals surface area contributed by atoms with Crippen LogP contribution in [0.3, 0.4) is 0 Å². The average molecular weight is 434 g/mol. The number of hydrogen-bond donors (Lipinski definition) is 1. The zero-order chi connectivity index (χ0) is 22.5. The van der Waals surface area contributed by atoms with Crippen molar-refractivity contribution in [2.24, 2.45) is 0 Å². The highest BCUT2D eigenvalue weighted by Gasteiger charge is 2.33. The summed E-state index contributed by atoms with van der Waals surface area (Å²) in [7, 11) is 0. The Kier molecular flexibility index (Phi) is 6.44. The molecular weight excluding hydrogens is 411 g/mol. The van der Waals surface area contributed by atoms with Crippen molar-refractivity contribution in [1.82, 2.24) is 30.2 Å². The van der Waals surface area contributed by atoms with Gasteiger partial charge in [0.05, 0.1) is 23.5 Å². The van der Waals surface area contributed by atoms with Crippen LogP contribution in [0.5, 0.6) is 0 Å². The van der Waals surface area contributed by atoms with Gasteiger partial charge in [0, 0.05) is 31.7 Å². The van der Waals surface area contributed by atoms with E-state index in [1.54, 1.807) is 24.0 Å². The molecule has 1 fully saturated rings. The molecule has 1 N–H and O–H groups in total. The first-order valence-corrected chi connectivity index (χ1v) is 10.5. The molecule has 0 bridgehead atoms. The first kappa shape index (κ1) is 21.5. The molecular formula is C23H23FN6O2. The molecule has 0 saturated carbocycles. The van der Waals surface area contributed by atoms with Gasteiger partial charge in [0.25, 0.3) is 11.8 Å². The largest absolute Gasteiger partial charge is 0.348 e. The van der Waals surface area contributed by atoms with Crippen LogP contribution in [0, 0.1) is 12.7 Å². The molecule has 0 spiro atoms. The van der Waals surface area contributed by atoms with Crippen molar-refractivity contribution < 1.29 is 14.0 Å². The quantitative estimate of drug-likeness (QED) is 0.663. The Labute approximate surface area is 185 Å². The third-order valence-electron chi connectivity index (χ3n) is 5.41. The lowest BCUT2D eigenvalue weighted by molar-refractivity contribution is 0.0595. The molecule has 1 atom stereocenters. The molecule has 0 aliphatic carbocycles. The topological polar surface area (TPSA) is 101 Å². The van der Waals surface area contributed by atoms with Crippen LogP contribution in [0.1, 0.15) is 63.2 Å². The number of aromatic nitrogens is 4. The van der Waals surface area contributed by atoms with Gasteiger partial charge in [0.2, 0.25) is 0 Å². The summed E-state index contributed by atoms with van der Waals surface area (Å²) in [4.78, 5) is 44.8. The number of aryl methyl sites for hydroxylation is 1. The van der Waals surface area contributed by atoms with Crippen molar-refractivity contribution >= 4 is 11.8 Å². The van der Waals surface area contributed by atoms with Gasteiger partial charge in [0.15, 0.2) is 0 Å². The van der Waals surface area contributed by atoms with Crippen molar-refractivity contribution in [1.29, 1.82) is 0 Å². The molecule has 1 aromatic carbocycles. The SMILES string of the molecule is Cc1ncc(C(=O)NCc2ccc(F)cc2)c(C2CCCCN2C(=O)c2cnccn2)n1. The number of carbonyl (C=O) groups is 2. The maximum atomic E-state index is 13.1. The summed E-state index contributed by atoms with van der Waals surface area (Å²) in [6, 6.07) is 5.56. The summed E-state index contributed by atoms with van der Waals surface area (Å²) in [6.07, 6.45) is 8.39.